The van der Waals surface area contributed by atoms with E-state index in [4.69, 9.17) is 14.0 Å². The van der Waals surface area contributed by atoms with Gasteiger partial charge in [-0.25, -0.2) is 4.39 Å². The molecule has 0 spiro atoms. The molecule has 32 heavy (non-hydrogen) atoms. The van der Waals surface area contributed by atoms with Crippen molar-refractivity contribution in [3.63, 3.8) is 0 Å². The highest BCUT2D eigenvalue weighted by Crippen LogP contribution is 2.32. The maximum Gasteiger partial charge on any atom is 0.274 e. The lowest BCUT2D eigenvalue weighted by Gasteiger charge is -2.09. The van der Waals surface area contributed by atoms with Crippen LogP contribution in [0, 0.1) is 5.82 Å². The zero-order chi connectivity index (χ0) is 22.5. The lowest BCUT2D eigenvalue weighted by molar-refractivity contribution is -0.121. The monoisotopic (exact) mass is 436 g/mol. The van der Waals surface area contributed by atoms with Crippen molar-refractivity contribution in [1.82, 2.24) is 20.0 Å². The molecule has 4 aromatic rings. The minimum atomic E-state index is -0.358. The van der Waals surface area contributed by atoms with Crippen LogP contribution in [0.5, 0.6) is 11.5 Å². The zero-order valence-corrected chi connectivity index (χ0v) is 17.5. The Kier molecular flexibility index (Phi) is 6.16. The van der Waals surface area contributed by atoms with Crippen LogP contribution in [0.15, 0.2) is 65.3 Å². The van der Waals surface area contributed by atoms with Crippen molar-refractivity contribution in [3.05, 3.63) is 72.2 Å². The van der Waals surface area contributed by atoms with Crippen molar-refractivity contribution in [2.45, 2.75) is 13.1 Å². The van der Waals surface area contributed by atoms with E-state index in [2.05, 4.69) is 15.5 Å². The molecule has 0 unspecified atom stereocenters. The molecule has 0 atom stereocenters. The maximum atomic E-state index is 13.7. The number of halogens is 1. The van der Waals surface area contributed by atoms with E-state index in [0.717, 1.165) is 0 Å². The van der Waals surface area contributed by atoms with Crippen molar-refractivity contribution >= 4 is 5.91 Å². The lowest BCUT2D eigenvalue weighted by atomic mass is 10.2. The number of hydrogen-bond acceptors (Lipinski definition) is 6. The van der Waals surface area contributed by atoms with Crippen LogP contribution in [0.1, 0.15) is 5.56 Å². The molecule has 0 saturated carbocycles. The van der Waals surface area contributed by atoms with Gasteiger partial charge in [0.05, 0.1) is 14.2 Å². The molecule has 164 valence electrons. The normalized spacial score (nSPS) is 10.7. The van der Waals surface area contributed by atoms with Gasteiger partial charge in [-0.3, -0.25) is 4.79 Å². The molecular formula is C23H21FN4O4. The van der Waals surface area contributed by atoms with Crippen molar-refractivity contribution in [2.75, 3.05) is 14.2 Å². The van der Waals surface area contributed by atoms with Gasteiger partial charge in [-0.15, -0.1) is 0 Å². The van der Waals surface area contributed by atoms with Gasteiger partial charge in [-0.1, -0.05) is 23.4 Å². The predicted molar refractivity (Wildman–Crippen MR) is 115 cm³/mol. The smallest absolute Gasteiger partial charge is 0.274 e. The molecule has 0 bridgehead atoms. The molecule has 1 amide bonds. The summed E-state index contributed by atoms with van der Waals surface area (Å²) in [5.74, 6) is 1.15. The SMILES string of the molecule is COc1ccc(-c2noc(-c3cccn3CC(=O)NCc3ccccc3F)n2)cc1OC. The number of methoxy groups -OCH3 is 2. The van der Waals surface area contributed by atoms with Crippen LogP contribution < -0.4 is 14.8 Å². The van der Waals surface area contributed by atoms with Gasteiger partial charge in [0.25, 0.3) is 5.89 Å². The molecule has 0 fully saturated rings. The molecule has 8 nitrogen and oxygen atoms in total. The summed E-state index contributed by atoms with van der Waals surface area (Å²) in [6.45, 7) is 0.122. The molecule has 9 heteroatoms. The molecule has 0 aliphatic heterocycles. The van der Waals surface area contributed by atoms with E-state index in [0.29, 0.717) is 34.1 Å². The van der Waals surface area contributed by atoms with Gasteiger partial charge in [0.2, 0.25) is 11.7 Å². The van der Waals surface area contributed by atoms with Gasteiger partial charge in [-0.2, -0.15) is 4.98 Å². The standard InChI is InChI=1S/C23H21FN4O4/c1-30-19-10-9-15(12-20(19)31-2)22-26-23(32-27-22)18-8-5-11-28(18)14-21(29)25-13-16-6-3-4-7-17(16)24/h3-12H,13-14H2,1-2H3,(H,25,29). The highest BCUT2D eigenvalue weighted by Gasteiger charge is 2.17. The van der Waals surface area contributed by atoms with Crippen molar-refractivity contribution in [3.8, 4) is 34.5 Å². The summed E-state index contributed by atoms with van der Waals surface area (Å²) in [7, 11) is 3.11. The van der Waals surface area contributed by atoms with E-state index in [9.17, 15) is 9.18 Å². The highest BCUT2D eigenvalue weighted by molar-refractivity contribution is 5.76. The van der Waals surface area contributed by atoms with Crippen LogP contribution in [0.3, 0.4) is 0 Å². The topological polar surface area (TPSA) is 91.4 Å². The summed E-state index contributed by atoms with van der Waals surface area (Å²) in [5, 5.41) is 6.76. The summed E-state index contributed by atoms with van der Waals surface area (Å²) in [6.07, 6.45) is 1.73. The molecule has 0 aliphatic carbocycles. The number of aromatic nitrogens is 3. The summed E-state index contributed by atoms with van der Waals surface area (Å²) >= 11 is 0. The molecular weight excluding hydrogens is 415 g/mol. The zero-order valence-electron chi connectivity index (χ0n) is 17.5. The summed E-state index contributed by atoms with van der Waals surface area (Å²) < 4.78 is 31.4. The van der Waals surface area contributed by atoms with E-state index < -0.39 is 0 Å². The van der Waals surface area contributed by atoms with E-state index in [1.165, 1.54) is 6.07 Å². The van der Waals surface area contributed by atoms with Gasteiger partial charge >= 0.3 is 0 Å². The number of carbonyl (C=O) groups is 1. The number of nitrogens with one attached hydrogen (secondary N) is 1. The average Bonchev–Trinajstić information content (AvgIpc) is 3.47. The second kappa shape index (κ2) is 9.34. The van der Waals surface area contributed by atoms with Gasteiger partial charge in [-0.05, 0) is 36.4 Å². The third-order valence-corrected chi connectivity index (χ3v) is 4.86. The third-order valence-electron chi connectivity index (χ3n) is 4.86. The predicted octanol–water partition coefficient (Wildman–Crippen LogP) is 3.68. The van der Waals surface area contributed by atoms with Crippen LogP contribution in [0.4, 0.5) is 4.39 Å². The van der Waals surface area contributed by atoms with Crippen LogP contribution in [-0.4, -0.2) is 34.8 Å². The first kappa shape index (κ1) is 21.1. The Bertz CT molecular complexity index is 1230. The second-order valence-corrected chi connectivity index (χ2v) is 6.88. The van der Waals surface area contributed by atoms with Gasteiger partial charge in [0.1, 0.15) is 18.1 Å². The Balaban J connectivity index is 1.48. The van der Waals surface area contributed by atoms with Crippen LogP contribution >= 0.6 is 0 Å². The minimum absolute atomic E-state index is 0.0187. The molecule has 0 aliphatic rings. The maximum absolute atomic E-state index is 13.7. The number of nitrogens with zero attached hydrogens (tertiary/aromatic N) is 3. The Morgan fingerprint density at radius 3 is 2.69 bits per heavy atom. The molecule has 1 N–H and O–H groups in total. The summed E-state index contributed by atoms with van der Waals surface area (Å²) in [4.78, 5) is 16.8. The molecule has 0 saturated heterocycles. The largest absolute Gasteiger partial charge is 0.493 e. The average molecular weight is 436 g/mol. The Labute approximate surface area is 183 Å². The van der Waals surface area contributed by atoms with E-state index >= 15 is 0 Å². The van der Waals surface area contributed by atoms with E-state index in [-0.39, 0.29) is 30.7 Å². The molecule has 4 rings (SSSR count). The van der Waals surface area contributed by atoms with Gasteiger partial charge in [0, 0.05) is 23.9 Å². The number of rotatable bonds is 8. The van der Waals surface area contributed by atoms with Crippen LogP contribution in [0.2, 0.25) is 0 Å². The first-order chi connectivity index (χ1) is 15.6. The van der Waals surface area contributed by atoms with Crippen LogP contribution in [-0.2, 0) is 17.9 Å². The Morgan fingerprint density at radius 2 is 1.91 bits per heavy atom. The highest BCUT2D eigenvalue weighted by atomic mass is 19.1. The third kappa shape index (κ3) is 4.46. The van der Waals surface area contributed by atoms with Crippen molar-refractivity contribution < 1.29 is 23.2 Å². The first-order valence-electron chi connectivity index (χ1n) is 9.80. The number of amides is 1. The molecule has 2 aromatic heterocycles. The Hall–Kier alpha value is -4.14. The van der Waals surface area contributed by atoms with Crippen molar-refractivity contribution in [2.24, 2.45) is 0 Å². The van der Waals surface area contributed by atoms with Crippen molar-refractivity contribution in [1.29, 1.82) is 0 Å². The molecule has 2 aromatic carbocycles. The number of carbonyl (C=O) groups excluding carboxylic acids is 1. The van der Waals surface area contributed by atoms with Crippen LogP contribution in [0.25, 0.3) is 23.0 Å². The summed E-state index contributed by atoms with van der Waals surface area (Å²) in [6, 6.07) is 15.2. The van der Waals surface area contributed by atoms with E-state index in [1.807, 2.05) is 0 Å². The second-order valence-electron chi connectivity index (χ2n) is 6.88. The van der Waals surface area contributed by atoms with Gasteiger partial charge in [0.15, 0.2) is 11.5 Å². The molecule has 0 radical (unpaired) electrons. The number of benzene rings is 2. The van der Waals surface area contributed by atoms with E-state index in [1.54, 1.807) is 73.5 Å². The first-order valence-corrected chi connectivity index (χ1v) is 9.80. The number of ether oxygens (including phenoxy) is 2. The number of hydrogen-bond donors (Lipinski definition) is 1. The lowest BCUT2D eigenvalue weighted by Crippen LogP contribution is -2.27. The fourth-order valence-electron chi connectivity index (χ4n) is 3.21. The molecule has 2 heterocycles. The minimum Gasteiger partial charge on any atom is -0.493 e. The quantitative estimate of drug-likeness (QED) is 0.453. The Morgan fingerprint density at radius 1 is 1.09 bits per heavy atom. The fraction of sp³-hybridized carbons (Fsp3) is 0.174. The summed E-state index contributed by atoms with van der Waals surface area (Å²) in [5.41, 5.74) is 1.70. The fourth-order valence-corrected chi connectivity index (χ4v) is 3.21. The van der Waals surface area contributed by atoms with Gasteiger partial charge < -0.3 is 23.9 Å².